The molecule has 2 N–H and O–H groups in total. The SMILES string of the molecule is CCC1CCCC(CC)N1CCNC(=O)c1cnc2c(c1)[nH]c(=O)c1c2nn2cc(-c3cnn(C)c3)sc12. The first kappa shape index (κ1) is 24.7. The summed E-state index contributed by atoms with van der Waals surface area (Å²) >= 11 is 1.49. The molecule has 1 saturated heterocycles. The minimum atomic E-state index is -0.247. The van der Waals surface area contributed by atoms with E-state index in [1.54, 1.807) is 27.7 Å². The van der Waals surface area contributed by atoms with Crippen molar-refractivity contribution in [3.8, 4) is 10.4 Å². The second kappa shape index (κ2) is 9.95. The number of piperidine rings is 1. The molecule has 2 unspecified atom stereocenters. The van der Waals surface area contributed by atoms with Crippen LogP contribution in [0.2, 0.25) is 0 Å². The molecule has 0 radical (unpaired) electrons. The highest BCUT2D eigenvalue weighted by Gasteiger charge is 2.28. The molecule has 198 valence electrons. The number of hydrogen-bond acceptors (Lipinski definition) is 7. The summed E-state index contributed by atoms with van der Waals surface area (Å²) in [5.41, 5.74) is 2.74. The van der Waals surface area contributed by atoms with Gasteiger partial charge in [0.15, 0.2) is 0 Å². The zero-order valence-electron chi connectivity index (χ0n) is 21.9. The number of rotatable bonds is 7. The van der Waals surface area contributed by atoms with Gasteiger partial charge in [-0.15, -0.1) is 11.3 Å². The first-order valence-corrected chi connectivity index (χ1v) is 14.1. The summed E-state index contributed by atoms with van der Waals surface area (Å²) in [4.78, 5) is 37.9. The number of nitrogens with zero attached hydrogens (tertiary/aromatic N) is 6. The van der Waals surface area contributed by atoms with Gasteiger partial charge < -0.3 is 10.3 Å². The molecular formula is C27H32N8O2S. The number of aromatic amines is 1. The third kappa shape index (κ3) is 4.29. The number of pyridine rings is 2. The average Bonchev–Trinajstić information content (AvgIpc) is 3.62. The lowest BCUT2D eigenvalue weighted by atomic mass is 9.92. The fourth-order valence-corrected chi connectivity index (χ4v) is 6.88. The lowest BCUT2D eigenvalue weighted by Crippen LogP contribution is -2.49. The van der Waals surface area contributed by atoms with Crippen molar-refractivity contribution in [2.45, 2.75) is 58.0 Å². The van der Waals surface area contributed by atoms with Gasteiger partial charge in [-0.3, -0.25) is 24.2 Å². The van der Waals surface area contributed by atoms with E-state index in [0.29, 0.717) is 46.1 Å². The summed E-state index contributed by atoms with van der Waals surface area (Å²) < 4.78 is 3.47. The van der Waals surface area contributed by atoms with Crippen molar-refractivity contribution in [1.29, 1.82) is 0 Å². The molecule has 1 amide bonds. The molecule has 11 heteroatoms. The predicted octanol–water partition coefficient (Wildman–Crippen LogP) is 3.96. The van der Waals surface area contributed by atoms with Gasteiger partial charge in [0, 0.05) is 56.4 Å². The van der Waals surface area contributed by atoms with Gasteiger partial charge in [-0.05, 0) is 31.7 Å². The summed E-state index contributed by atoms with van der Waals surface area (Å²) in [5.74, 6) is -0.189. The van der Waals surface area contributed by atoms with Gasteiger partial charge >= 0.3 is 0 Å². The number of fused-ring (bicyclic) bond motifs is 5. The zero-order chi connectivity index (χ0) is 26.4. The van der Waals surface area contributed by atoms with E-state index in [1.165, 1.54) is 30.6 Å². The van der Waals surface area contributed by atoms with Crippen molar-refractivity contribution in [2.75, 3.05) is 13.1 Å². The smallest absolute Gasteiger partial charge is 0.261 e. The molecule has 1 aliphatic rings. The maximum Gasteiger partial charge on any atom is 0.261 e. The number of H-pyrrole nitrogens is 1. The van der Waals surface area contributed by atoms with E-state index in [9.17, 15) is 9.59 Å². The van der Waals surface area contributed by atoms with Crippen molar-refractivity contribution < 1.29 is 4.79 Å². The summed E-state index contributed by atoms with van der Waals surface area (Å²) in [7, 11) is 1.87. The van der Waals surface area contributed by atoms with Crippen LogP contribution in [0.1, 0.15) is 56.3 Å². The Labute approximate surface area is 223 Å². The Morgan fingerprint density at radius 2 is 1.95 bits per heavy atom. The summed E-state index contributed by atoms with van der Waals surface area (Å²) in [6, 6.07) is 2.87. The molecule has 0 aliphatic carbocycles. The van der Waals surface area contributed by atoms with E-state index in [2.05, 4.69) is 44.2 Å². The third-order valence-corrected chi connectivity index (χ3v) is 8.91. The molecule has 1 fully saturated rings. The van der Waals surface area contributed by atoms with Crippen LogP contribution in [0.25, 0.3) is 37.2 Å². The van der Waals surface area contributed by atoms with Gasteiger partial charge in [0.25, 0.3) is 11.5 Å². The quantitative estimate of drug-likeness (QED) is 0.328. The molecular weight excluding hydrogens is 500 g/mol. The summed E-state index contributed by atoms with van der Waals surface area (Å²) in [6.45, 7) is 5.91. The Morgan fingerprint density at radius 1 is 1.16 bits per heavy atom. The Balaban J connectivity index is 1.24. The third-order valence-electron chi connectivity index (χ3n) is 7.76. The standard InChI is InChI=1S/C27H32N8O2S/c1-4-18-7-6-8-19(5-2)34(18)10-9-28-25(36)16-11-20-23(29-12-16)24-22(26(37)31-20)27-35(32-24)15-21(38-27)17-13-30-33(3)14-17/h11-15,18-19H,4-10H2,1-3H3,(H,28,36)(H,31,37). The number of aromatic nitrogens is 6. The van der Waals surface area contributed by atoms with Crippen molar-refractivity contribution >= 4 is 44.0 Å². The van der Waals surface area contributed by atoms with Crippen LogP contribution >= 0.6 is 11.3 Å². The van der Waals surface area contributed by atoms with Crippen LogP contribution in [0.15, 0.2) is 35.6 Å². The highest BCUT2D eigenvalue weighted by atomic mass is 32.1. The Morgan fingerprint density at radius 3 is 2.66 bits per heavy atom. The molecule has 0 aromatic carbocycles. The lowest BCUT2D eigenvalue weighted by Gasteiger charge is -2.41. The topological polar surface area (TPSA) is 113 Å². The van der Waals surface area contributed by atoms with Gasteiger partial charge in [0.2, 0.25) is 0 Å². The molecule has 0 bridgehead atoms. The normalized spacial score (nSPS) is 18.6. The number of amides is 1. The number of carbonyl (C=O) groups excluding carboxylic acids is 1. The van der Waals surface area contributed by atoms with Crippen LogP contribution in [0.5, 0.6) is 0 Å². The van der Waals surface area contributed by atoms with Crippen LogP contribution in [-0.4, -0.2) is 65.3 Å². The molecule has 0 spiro atoms. The van der Waals surface area contributed by atoms with Crippen LogP contribution in [-0.2, 0) is 7.05 Å². The number of nitrogens with one attached hydrogen (secondary N) is 2. The van der Waals surface area contributed by atoms with Gasteiger partial charge in [-0.1, -0.05) is 20.3 Å². The first-order chi connectivity index (χ1) is 18.5. The first-order valence-electron chi connectivity index (χ1n) is 13.3. The average molecular weight is 533 g/mol. The van der Waals surface area contributed by atoms with Gasteiger partial charge in [-0.2, -0.15) is 10.2 Å². The van der Waals surface area contributed by atoms with E-state index >= 15 is 0 Å². The van der Waals surface area contributed by atoms with Crippen molar-refractivity contribution in [3.63, 3.8) is 0 Å². The molecule has 2 atom stereocenters. The monoisotopic (exact) mass is 532 g/mol. The molecule has 6 heterocycles. The Hall–Kier alpha value is -3.57. The van der Waals surface area contributed by atoms with Crippen molar-refractivity contribution in [1.82, 2.24) is 39.6 Å². The summed E-state index contributed by atoms with van der Waals surface area (Å²) in [5, 5.41) is 12.5. The Kier molecular flexibility index (Phi) is 6.48. The highest BCUT2D eigenvalue weighted by molar-refractivity contribution is 7.21. The van der Waals surface area contributed by atoms with Gasteiger partial charge in [0.1, 0.15) is 21.3 Å². The van der Waals surface area contributed by atoms with Crippen LogP contribution in [0.3, 0.4) is 0 Å². The zero-order valence-corrected chi connectivity index (χ0v) is 22.7. The lowest BCUT2D eigenvalue weighted by molar-refractivity contribution is 0.0750. The number of thiazole rings is 1. The maximum absolute atomic E-state index is 13.1. The van der Waals surface area contributed by atoms with E-state index in [4.69, 9.17) is 0 Å². The molecule has 0 saturated carbocycles. The number of hydrogen-bond donors (Lipinski definition) is 2. The highest BCUT2D eigenvalue weighted by Crippen LogP contribution is 2.33. The number of carbonyl (C=O) groups is 1. The van der Waals surface area contributed by atoms with E-state index in [0.717, 1.165) is 34.7 Å². The fraction of sp³-hybridized carbons (Fsp3) is 0.444. The molecule has 5 aromatic rings. The van der Waals surface area contributed by atoms with E-state index < -0.39 is 0 Å². The molecule has 5 aromatic heterocycles. The van der Waals surface area contributed by atoms with Crippen LogP contribution < -0.4 is 10.9 Å². The van der Waals surface area contributed by atoms with E-state index in [1.807, 2.05) is 19.4 Å². The maximum atomic E-state index is 13.1. The second-order valence-corrected chi connectivity index (χ2v) is 11.1. The van der Waals surface area contributed by atoms with Crippen molar-refractivity contribution in [2.24, 2.45) is 7.05 Å². The van der Waals surface area contributed by atoms with Crippen LogP contribution in [0.4, 0.5) is 0 Å². The number of aryl methyl sites for hydroxylation is 1. The molecule has 10 nitrogen and oxygen atoms in total. The molecule has 6 rings (SSSR count). The van der Waals surface area contributed by atoms with E-state index in [-0.39, 0.29) is 11.5 Å². The molecule has 38 heavy (non-hydrogen) atoms. The predicted molar refractivity (Wildman–Crippen MR) is 150 cm³/mol. The van der Waals surface area contributed by atoms with Crippen molar-refractivity contribution in [3.05, 3.63) is 46.8 Å². The second-order valence-electron chi connectivity index (χ2n) is 10.1. The molecule has 1 aliphatic heterocycles. The van der Waals surface area contributed by atoms with Gasteiger partial charge in [0.05, 0.1) is 22.2 Å². The fourth-order valence-electron chi connectivity index (χ4n) is 5.82. The minimum absolute atomic E-state index is 0.189. The largest absolute Gasteiger partial charge is 0.351 e. The van der Waals surface area contributed by atoms with Gasteiger partial charge in [-0.25, -0.2) is 4.52 Å². The van der Waals surface area contributed by atoms with Crippen LogP contribution in [0, 0.1) is 0 Å². The Bertz CT molecular complexity index is 1680. The minimum Gasteiger partial charge on any atom is -0.351 e. The summed E-state index contributed by atoms with van der Waals surface area (Å²) in [6.07, 6.45) is 13.2. The number of likely N-dealkylation sites (tertiary alicyclic amines) is 1.